The van der Waals surface area contributed by atoms with Gasteiger partial charge in [-0.1, -0.05) is 25.1 Å². The largest absolute Gasteiger partial charge is 0.268 e. The molecule has 0 N–H and O–H groups in total. The summed E-state index contributed by atoms with van der Waals surface area (Å²) >= 11 is 0. The van der Waals surface area contributed by atoms with Gasteiger partial charge >= 0.3 is 0 Å². The summed E-state index contributed by atoms with van der Waals surface area (Å²) in [5, 5.41) is 0. The summed E-state index contributed by atoms with van der Waals surface area (Å²) < 4.78 is 1.60. The highest BCUT2D eigenvalue weighted by molar-refractivity contribution is 5.95. The molecule has 20 heavy (non-hydrogen) atoms. The average Bonchev–Trinajstić information content (AvgIpc) is 2.46. The molecule has 0 fully saturated rings. The smallest absolute Gasteiger partial charge is 0.263 e. The molecule has 0 bridgehead atoms. The van der Waals surface area contributed by atoms with E-state index in [2.05, 4.69) is 11.9 Å². The Hall–Kier alpha value is -2.16. The topological polar surface area (TPSA) is 34.4 Å². The van der Waals surface area contributed by atoms with E-state index >= 15 is 0 Å². The van der Waals surface area contributed by atoms with Crippen molar-refractivity contribution >= 4 is 5.91 Å². The van der Waals surface area contributed by atoms with Crippen LogP contribution in [-0.4, -0.2) is 16.5 Å². The van der Waals surface area contributed by atoms with Gasteiger partial charge in [0.25, 0.3) is 5.91 Å². The van der Waals surface area contributed by atoms with Crippen molar-refractivity contribution < 1.29 is 4.79 Å². The van der Waals surface area contributed by atoms with Crippen LogP contribution in [0, 0.1) is 0 Å². The summed E-state index contributed by atoms with van der Waals surface area (Å²) in [7, 11) is 0. The Morgan fingerprint density at radius 2 is 1.85 bits per heavy atom. The fourth-order valence-corrected chi connectivity index (χ4v) is 2.00. The fourth-order valence-electron chi connectivity index (χ4n) is 2.00. The zero-order valence-corrected chi connectivity index (χ0v) is 12.2. The van der Waals surface area contributed by atoms with E-state index in [0.717, 1.165) is 6.42 Å². The number of rotatable bonds is 3. The van der Waals surface area contributed by atoms with Crippen LogP contribution >= 0.6 is 0 Å². The Bertz CT molecular complexity index is 651. The molecule has 1 heterocycles. The predicted molar refractivity (Wildman–Crippen MR) is 80.7 cm³/mol. The molecule has 0 aliphatic heterocycles. The van der Waals surface area contributed by atoms with E-state index in [9.17, 15) is 4.79 Å². The Kier molecular flexibility index (Phi) is 4.51. The maximum atomic E-state index is 12.6. The summed E-state index contributed by atoms with van der Waals surface area (Å²) in [5.41, 5.74) is 2.59. The van der Waals surface area contributed by atoms with Crippen LogP contribution in [-0.2, 0) is 6.42 Å². The maximum Gasteiger partial charge on any atom is 0.263 e. The lowest BCUT2D eigenvalue weighted by Crippen LogP contribution is -2.28. The summed E-state index contributed by atoms with van der Waals surface area (Å²) in [6, 6.07) is 13.5. The SMILES string of the molecule is CCc1ccc(C(=O)n2ccccc2=NC(C)C)cc1. The van der Waals surface area contributed by atoms with Crippen molar-refractivity contribution in [2.75, 3.05) is 0 Å². The molecule has 0 aliphatic rings. The summed E-state index contributed by atoms with van der Waals surface area (Å²) in [4.78, 5) is 17.0. The quantitative estimate of drug-likeness (QED) is 0.842. The van der Waals surface area contributed by atoms with Crippen molar-refractivity contribution in [3.05, 3.63) is 65.3 Å². The molecule has 0 saturated heterocycles. The second-order valence-electron chi connectivity index (χ2n) is 5.01. The second-order valence-corrected chi connectivity index (χ2v) is 5.01. The van der Waals surface area contributed by atoms with Gasteiger partial charge in [-0.05, 0) is 50.1 Å². The van der Waals surface area contributed by atoms with Crippen LogP contribution in [0.1, 0.15) is 36.7 Å². The van der Waals surface area contributed by atoms with Crippen LogP contribution in [0.25, 0.3) is 0 Å². The van der Waals surface area contributed by atoms with Crippen LogP contribution in [0.15, 0.2) is 53.7 Å². The lowest BCUT2D eigenvalue weighted by Gasteiger charge is -2.07. The Morgan fingerprint density at radius 3 is 2.45 bits per heavy atom. The number of pyridine rings is 1. The molecule has 0 saturated carbocycles. The minimum absolute atomic E-state index is 0.0485. The molecular weight excluding hydrogens is 248 g/mol. The first-order valence-electron chi connectivity index (χ1n) is 6.97. The number of aryl methyl sites for hydroxylation is 1. The molecule has 3 nitrogen and oxygen atoms in total. The lowest BCUT2D eigenvalue weighted by atomic mass is 10.1. The van der Waals surface area contributed by atoms with Gasteiger partial charge in [0, 0.05) is 17.8 Å². The number of nitrogens with zero attached hydrogens (tertiary/aromatic N) is 2. The van der Waals surface area contributed by atoms with Gasteiger partial charge < -0.3 is 0 Å². The molecule has 0 spiro atoms. The van der Waals surface area contributed by atoms with Gasteiger partial charge in [-0.3, -0.25) is 14.4 Å². The minimum atomic E-state index is -0.0485. The molecule has 0 aliphatic carbocycles. The van der Waals surface area contributed by atoms with Crippen molar-refractivity contribution in [3.63, 3.8) is 0 Å². The number of carbonyl (C=O) groups excluding carboxylic acids is 1. The first-order chi connectivity index (χ1) is 9.61. The number of carbonyl (C=O) groups is 1. The van der Waals surface area contributed by atoms with Gasteiger partial charge in [0.1, 0.15) is 5.49 Å². The van der Waals surface area contributed by atoms with Gasteiger partial charge in [0.05, 0.1) is 0 Å². The first-order valence-corrected chi connectivity index (χ1v) is 6.97. The molecule has 104 valence electrons. The third kappa shape index (κ3) is 3.23. The van der Waals surface area contributed by atoms with Crippen LogP contribution < -0.4 is 5.49 Å². The van der Waals surface area contributed by atoms with Gasteiger partial charge in [-0.15, -0.1) is 0 Å². The van der Waals surface area contributed by atoms with E-state index in [1.165, 1.54) is 5.56 Å². The summed E-state index contributed by atoms with van der Waals surface area (Å²) in [6.45, 7) is 6.10. The molecule has 0 atom stereocenters. The van der Waals surface area contributed by atoms with E-state index in [-0.39, 0.29) is 11.9 Å². The van der Waals surface area contributed by atoms with Gasteiger partial charge in [-0.2, -0.15) is 0 Å². The number of benzene rings is 1. The standard InChI is InChI=1S/C17H20N2O/c1-4-14-8-10-15(11-9-14)17(20)19-12-6-5-7-16(19)18-13(2)3/h5-13H,4H2,1-3H3. The Labute approximate surface area is 119 Å². The highest BCUT2D eigenvalue weighted by Crippen LogP contribution is 2.06. The zero-order valence-electron chi connectivity index (χ0n) is 12.2. The van der Waals surface area contributed by atoms with E-state index < -0.39 is 0 Å². The molecule has 3 heteroatoms. The van der Waals surface area contributed by atoms with E-state index in [1.54, 1.807) is 10.8 Å². The molecule has 0 amide bonds. The minimum Gasteiger partial charge on any atom is -0.268 e. The van der Waals surface area contributed by atoms with Crippen LogP contribution in [0.3, 0.4) is 0 Å². The summed E-state index contributed by atoms with van der Waals surface area (Å²) in [5.74, 6) is -0.0485. The molecular formula is C17H20N2O. The average molecular weight is 268 g/mol. The third-order valence-corrected chi connectivity index (χ3v) is 3.06. The molecule has 0 radical (unpaired) electrons. The fraction of sp³-hybridized carbons (Fsp3) is 0.294. The molecule has 0 unspecified atom stereocenters. The number of hydrogen-bond acceptors (Lipinski definition) is 2. The predicted octanol–water partition coefficient (Wildman–Crippen LogP) is 3.05. The zero-order chi connectivity index (χ0) is 14.5. The van der Waals surface area contributed by atoms with Crippen molar-refractivity contribution in [2.24, 2.45) is 4.99 Å². The van der Waals surface area contributed by atoms with Gasteiger partial charge in [-0.25, -0.2) is 0 Å². The van der Waals surface area contributed by atoms with Crippen molar-refractivity contribution in [2.45, 2.75) is 33.2 Å². The van der Waals surface area contributed by atoms with Crippen molar-refractivity contribution in [1.29, 1.82) is 0 Å². The van der Waals surface area contributed by atoms with Crippen molar-refractivity contribution in [1.82, 2.24) is 4.57 Å². The monoisotopic (exact) mass is 268 g/mol. The highest BCUT2D eigenvalue weighted by Gasteiger charge is 2.08. The van der Waals surface area contributed by atoms with Gasteiger partial charge in [0.2, 0.25) is 0 Å². The van der Waals surface area contributed by atoms with E-state index in [4.69, 9.17) is 0 Å². The maximum absolute atomic E-state index is 12.6. The lowest BCUT2D eigenvalue weighted by molar-refractivity contribution is 0.0954. The normalized spacial score (nSPS) is 11.9. The van der Waals surface area contributed by atoms with Gasteiger partial charge in [0.15, 0.2) is 0 Å². The van der Waals surface area contributed by atoms with Crippen LogP contribution in [0.5, 0.6) is 0 Å². The Morgan fingerprint density at radius 1 is 1.15 bits per heavy atom. The first kappa shape index (κ1) is 14.3. The summed E-state index contributed by atoms with van der Waals surface area (Å²) in [6.07, 6.45) is 2.73. The molecule has 1 aromatic carbocycles. The molecule has 2 aromatic rings. The second kappa shape index (κ2) is 6.33. The Balaban J connectivity index is 2.43. The molecule has 2 rings (SSSR count). The van der Waals surface area contributed by atoms with E-state index in [0.29, 0.717) is 11.1 Å². The number of hydrogen-bond donors (Lipinski definition) is 0. The van der Waals surface area contributed by atoms with Crippen LogP contribution in [0.4, 0.5) is 0 Å². The van der Waals surface area contributed by atoms with E-state index in [1.807, 2.05) is 56.3 Å². The van der Waals surface area contributed by atoms with Crippen LogP contribution in [0.2, 0.25) is 0 Å². The number of aromatic nitrogens is 1. The highest BCUT2D eigenvalue weighted by atomic mass is 16.2. The van der Waals surface area contributed by atoms with Crippen molar-refractivity contribution in [3.8, 4) is 0 Å². The third-order valence-electron chi connectivity index (χ3n) is 3.06. The molecule has 1 aromatic heterocycles.